The van der Waals surface area contributed by atoms with Crippen LogP contribution in [-0.2, 0) is 21.2 Å². The Hall–Kier alpha value is -2.25. The Labute approximate surface area is 182 Å². The predicted octanol–water partition coefficient (Wildman–Crippen LogP) is 3.64. The molecule has 2 aromatic carbocycles. The molecule has 0 saturated carbocycles. The standard InChI is InChI=1S/C22H26ClNO5S/c1-15-12-20(8-9-21(15)23)29-16(2)22(25)24(18-10-11-30(26,27)14-18)13-17-4-6-19(28-3)7-5-17/h4-9,12,16,18H,10-11,13-14H2,1-3H3. The van der Waals surface area contributed by atoms with Gasteiger partial charge in [-0.05, 0) is 61.7 Å². The number of benzene rings is 2. The number of hydrogen-bond acceptors (Lipinski definition) is 5. The quantitative estimate of drug-likeness (QED) is 0.642. The first-order chi connectivity index (χ1) is 14.2. The SMILES string of the molecule is COc1ccc(CN(C(=O)C(C)Oc2ccc(Cl)c(C)c2)C2CCS(=O)(=O)C2)cc1. The Bertz CT molecular complexity index is 1010. The van der Waals surface area contributed by atoms with Gasteiger partial charge in [0.05, 0.1) is 18.6 Å². The molecule has 0 N–H and O–H groups in total. The summed E-state index contributed by atoms with van der Waals surface area (Å²) in [5, 5.41) is 0.624. The van der Waals surface area contributed by atoms with E-state index >= 15 is 0 Å². The summed E-state index contributed by atoms with van der Waals surface area (Å²) in [5.74, 6) is 1.08. The number of methoxy groups -OCH3 is 1. The normalized spacial score (nSPS) is 18.6. The molecule has 2 atom stereocenters. The molecular weight excluding hydrogens is 426 g/mol. The number of amides is 1. The first-order valence-corrected chi connectivity index (χ1v) is 11.9. The fourth-order valence-electron chi connectivity index (χ4n) is 3.51. The summed E-state index contributed by atoms with van der Waals surface area (Å²) in [6.45, 7) is 3.84. The van der Waals surface area contributed by atoms with Gasteiger partial charge in [-0.2, -0.15) is 0 Å². The number of ether oxygens (including phenoxy) is 2. The zero-order chi connectivity index (χ0) is 21.9. The van der Waals surface area contributed by atoms with Crippen LogP contribution in [0.3, 0.4) is 0 Å². The summed E-state index contributed by atoms with van der Waals surface area (Å²) >= 11 is 6.06. The van der Waals surface area contributed by atoms with Gasteiger partial charge in [-0.3, -0.25) is 4.79 Å². The Morgan fingerprint density at radius 1 is 1.20 bits per heavy atom. The van der Waals surface area contributed by atoms with Gasteiger partial charge >= 0.3 is 0 Å². The first-order valence-electron chi connectivity index (χ1n) is 9.75. The molecule has 0 bridgehead atoms. The molecule has 3 rings (SSSR count). The van der Waals surface area contributed by atoms with E-state index in [-0.39, 0.29) is 23.5 Å². The van der Waals surface area contributed by atoms with E-state index in [1.165, 1.54) is 0 Å². The van der Waals surface area contributed by atoms with Gasteiger partial charge in [0.15, 0.2) is 15.9 Å². The van der Waals surface area contributed by atoms with Crippen molar-refractivity contribution in [3.05, 3.63) is 58.6 Å². The molecule has 0 radical (unpaired) electrons. The number of aryl methyl sites for hydroxylation is 1. The van der Waals surface area contributed by atoms with Crippen LogP contribution in [0.2, 0.25) is 5.02 Å². The lowest BCUT2D eigenvalue weighted by molar-refractivity contribution is -0.140. The number of sulfone groups is 1. The monoisotopic (exact) mass is 451 g/mol. The van der Waals surface area contributed by atoms with Crippen LogP contribution in [0.4, 0.5) is 0 Å². The minimum Gasteiger partial charge on any atom is -0.497 e. The number of carbonyl (C=O) groups is 1. The summed E-state index contributed by atoms with van der Waals surface area (Å²) in [7, 11) is -1.55. The third-order valence-electron chi connectivity index (χ3n) is 5.23. The minimum atomic E-state index is -3.14. The predicted molar refractivity (Wildman–Crippen MR) is 117 cm³/mol. The molecule has 162 valence electrons. The van der Waals surface area contributed by atoms with Crippen LogP contribution in [0.15, 0.2) is 42.5 Å². The average molecular weight is 452 g/mol. The highest BCUT2D eigenvalue weighted by Gasteiger charge is 2.36. The van der Waals surface area contributed by atoms with Crippen molar-refractivity contribution in [2.24, 2.45) is 0 Å². The molecule has 0 aromatic heterocycles. The van der Waals surface area contributed by atoms with E-state index in [1.807, 2.05) is 31.2 Å². The molecular formula is C22H26ClNO5S. The Morgan fingerprint density at radius 3 is 2.43 bits per heavy atom. The van der Waals surface area contributed by atoms with E-state index in [1.54, 1.807) is 37.1 Å². The molecule has 1 saturated heterocycles. The minimum absolute atomic E-state index is 0.0261. The molecule has 8 heteroatoms. The number of halogens is 1. The lowest BCUT2D eigenvalue weighted by Crippen LogP contribution is -2.46. The maximum Gasteiger partial charge on any atom is 0.263 e. The average Bonchev–Trinajstić information content (AvgIpc) is 3.08. The second kappa shape index (κ2) is 9.27. The summed E-state index contributed by atoms with van der Waals surface area (Å²) in [5.41, 5.74) is 1.74. The molecule has 1 aliphatic rings. The molecule has 2 unspecified atom stereocenters. The Balaban J connectivity index is 1.80. The smallest absolute Gasteiger partial charge is 0.263 e. The lowest BCUT2D eigenvalue weighted by Gasteiger charge is -2.31. The highest BCUT2D eigenvalue weighted by molar-refractivity contribution is 7.91. The molecule has 0 spiro atoms. The van der Waals surface area contributed by atoms with Crippen molar-refractivity contribution < 1.29 is 22.7 Å². The molecule has 1 heterocycles. The molecule has 1 fully saturated rings. The van der Waals surface area contributed by atoms with Crippen LogP contribution < -0.4 is 9.47 Å². The van der Waals surface area contributed by atoms with E-state index < -0.39 is 15.9 Å². The molecule has 2 aromatic rings. The van der Waals surface area contributed by atoms with Crippen molar-refractivity contribution in [2.75, 3.05) is 18.6 Å². The third kappa shape index (κ3) is 5.46. The van der Waals surface area contributed by atoms with Crippen molar-refractivity contribution in [1.29, 1.82) is 0 Å². The number of rotatable bonds is 7. The van der Waals surface area contributed by atoms with Gasteiger partial charge in [0.2, 0.25) is 0 Å². The largest absolute Gasteiger partial charge is 0.497 e. The lowest BCUT2D eigenvalue weighted by atomic mass is 10.1. The molecule has 0 aliphatic carbocycles. The highest BCUT2D eigenvalue weighted by Crippen LogP contribution is 2.25. The number of hydrogen-bond donors (Lipinski definition) is 0. The maximum absolute atomic E-state index is 13.3. The zero-order valence-electron chi connectivity index (χ0n) is 17.3. The van der Waals surface area contributed by atoms with Gasteiger partial charge in [0, 0.05) is 17.6 Å². The Morgan fingerprint density at radius 2 is 1.87 bits per heavy atom. The van der Waals surface area contributed by atoms with Crippen molar-refractivity contribution in [3.63, 3.8) is 0 Å². The fourth-order valence-corrected chi connectivity index (χ4v) is 5.36. The van der Waals surface area contributed by atoms with Crippen LogP contribution in [0, 0.1) is 6.92 Å². The van der Waals surface area contributed by atoms with Gasteiger partial charge < -0.3 is 14.4 Å². The van der Waals surface area contributed by atoms with Crippen molar-refractivity contribution in [3.8, 4) is 11.5 Å². The topological polar surface area (TPSA) is 72.9 Å². The van der Waals surface area contributed by atoms with E-state index in [2.05, 4.69) is 0 Å². The first kappa shape index (κ1) is 22.4. The Kier molecular flexibility index (Phi) is 6.93. The summed E-state index contributed by atoms with van der Waals surface area (Å²) in [6.07, 6.45) is -0.344. The van der Waals surface area contributed by atoms with Crippen LogP contribution in [-0.4, -0.2) is 50.0 Å². The van der Waals surface area contributed by atoms with E-state index in [9.17, 15) is 13.2 Å². The van der Waals surface area contributed by atoms with Crippen molar-refractivity contribution in [1.82, 2.24) is 4.90 Å². The van der Waals surface area contributed by atoms with Gasteiger partial charge in [-0.1, -0.05) is 23.7 Å². The fraction of sp³-hybridized carbons (Fsp3) is 0.409. The maximum atomic E-state index is 13.3. The van der Waals surface area contributed by atoms with E-state index in [4.69, 9.17) is 21.1 Å². The summed E-state index contributed by atoms with van der Waals surface area (Å²) < 4.78 is 35.1. The summed E-state index contributed by atoms with van der Waals surface area (Å²) in [6, 6.07) is 12.2. The van der Waals surface area contributed by atoms with Gasteiger partial charge in [0.1, 0.15) is 11.5 Å². The highest BCUT2D eigenvalue weighted by atomic mass is 35.5. The van der Waals surface area contributed by atoms with E-state index in [0.29, 0.717) is 23.7 Å². The second-order valence-electron chi connectivity index (χ2n) is 7.54. The molecule has 1 aliphatic heterocycles. The van der Waals surface area contributed by atoms with Crippen LogP contribution in [0.5, 0.6) is 11.5 Å². The third-order valence-corrected chi connectivity index (χ3v) is 7.41. The van der Waals surface area contributed by atoms with Crippen LogP contribution >= 0.6 is 11.6 Å². The van der Waals surface area contributed by atoms with Gasteiger partial charge in [-0.25, -0.2) is 8.42 Å². The van der Waals surface area contributed by atoms with Crippen molar-refractivity contribution >= 4 is 27.3 Å². The second-order valence-corrected chi connectivity index (χ2v) is 10.2. The number of nitrogens with zero attached hydrogens (tertiary/aromatic N) is 1. The molecule has 1 amide bonds. The zero-order valence-corrected chi connectivity index (χ0v) is 18.9. The summed E-state index contributed by atoms with van der Waals surface area (Å²) in [4.78, 5) is 14.9. The van der Waals surface area contributed by atoms with Gasteiger partial charge in [0.25, 0.3) is 5.91 Å². The molecule has 30 heavy (non-hydrogen) atoms. The van der Waals surface area contributed by atoms with Crippen LogP contribution in [0.1, 0.15) is 24.5 Å². The van der Waals surface area contributed by atoms with Crippen molar-refractivity contribution in [2.45, 2.75) is 39.0 Å². The van der Waals surface area contributed by atoms with Crippen LogP contribution in [0.25, 0.3) is 0 Å². The number of carbonyl (C=O) groups excluding carboxylic acids is 1. The molecule has 6 nitrogen and oxygen atoms in total. The van der Waals surface area contributed by atoms with Gasteiger partial charge in [-0.15, -0.1) is 0 Å². The van der Waals surface area contributed by atoms with E-state index in [0.717, 1.165) is 16.9 Å².